The van der Waals surface area contributed by atoms with Crippen molar-refractivity contribution in [2.75, 3.05) is 17.7 Å². The maximum absolute atomic E-state index is 12.0. The molecule has 7 heteroatoms. The van der Waals surface area contributed by atoms with E-state index in [1.807, 2.05) is 33.8 Å². The molecule has 0 bridgehead atoms. The van der Waals surface area contributed by atoms with Crippen molar-refractivity contribution in [3.05, 3.63) is 35.7 Å². The summed E-state index contributed by atoms with van der Waals surface area (Å²) in [7, 11) is 1.60. The summed E-state index contributed by atoms with van der Waals surface area (Å²) >= 11 is 0. The minimum Gasteiger partial charge on any atom is -0.497 e. The van der Waals surface area contributed by atoms with Gasteiger partial charge in [0.25, 0.3) is 0 Å². The highest BCUT2D eigenvalue weighted by molar-refractivity contribution is 5.90. The third-order valence-electron chi connectivity index (χ3n) is 3.27. The minimum atomic E-state index is -0.557. The lowest BCUT2D eigenvalue weighted by Gasteiger charge is -2.21. The maximum atomic E-state index is 12.0. The van der Waals surface area contributed by atoms with E-state index >= 15 is 0 Å². The molecule has 0 saturated heterocycles. The number of ether oxygens (including phenoxy) is 2. The number of H-pyrrole nitrogens is 1. The van der Waals surface area contributed by atoms with E-state index in [0.717, 1.165) is 16.9 Å². The number of nitrogens with one attached hydrogen (secondary N) is 3. The first kappa shape index (κ1) is 17.7. The molecule has 0 unspecified atom stereocenters. The molecule has 0 aliphatic carbocycles. The topological polar surface area (TPSA) is 88.3 Å². The van der Waals surface area contributed by atoms with Gasteiger partial charge >= 0.3 is 6.09 Å². The summed E-state index contributed by atoms with van der Waals surface area (Å²) in [6.45, 7) is 7.98. The van der Waals surface area contributed by atoms with Crippen molar-refractivity contribution in [2.45, 2.75) is 39.8 Å². The van der Waals surface area contributed by atoms with Crippen LogP contribution in [0.5, 0.6) is 5.75 Å². The lowest BCUT2D eigenvalue weighted by Crippen LogP contribution is -2.27. The normalized spacial score (nSPS) is 11.0. The summed E-state index contributed by atoms with van der Waals surface area (Å²) in [6, 6.07) is 5.37. The predicted octanol–water partition coefficient (Wildman–Crippen LogP) is 3.69. The summed E-state index contributed by atoms with van der Waals surface area (Å²) in [5.74, 6) is 0.691. The third-order valence-corrected chi connectivity index (χ3v) is 3.27. The zero-order valence-corrected chi connectivity index (χ0v) is 14.7. The Bertz CT molecular complexity index is 704. The highest BCUT2D eigenvalue weighted by atomic mass is 16.6. The van der Waals surface area contributed by atoms with Crippen LogP contribution >= 0.6 is 0 Å². The SMILES string of the molecule is COc1ccc(NC(=O)OC(C)(C)C)c(NCc2cn[nH]c2C)c1. The summed E-state index contributed by atoms with van der Waals surface area (Å²) in [4.78, 5) is 12.0. The van der Waals surface area contributed by atoms with Gasteiger partial charge in [-0.05, 0) is 39.8 Å². The average molecular weight is 332 g/mol. The molecule has 1 heterocycles. The van der Waals surface area contributed by atoms with Crippen LogP contribution < -0.4 is 15.4 Å². The monoisotopic (exact) mass is 332 g/mol. The van der Waals surface area contributed by atoms with Gasteiger partial charge in [-0.2, -0.15) is 5.10 Å². The van der Waals surface area contributed by atoms with Crippen molar-refractivity contribution < 1.29 is 14.3 Å². The van der Waals surface area contributed by atoms with E-state index in [4.69, 9.17) is 9.47 Å². The molecule has 1 amide bonds. The first-order valence-electron chi connectivity index (χ1n) is 7.69. The Hall–Kier alpha value is -2.70. The van der Waals surface area contributed by atoms with Gasteiger partial charge in [-0.25, -0.2) is 4.79 Å². The maximum Gasteiger partial charge on any atom is 0.412 e. The molecular weight excluding hydrogens is 308 g/mol. The van der Waals surface area contributed by atoms with Gasteiger partial charge in [0.05, 0.1) is 24.7 Å². The van der Waals surface area contributed by atoms with Gasteiger partial charge in [0, 0.05) is 23.9 Å². The zero-order chi connectivity index (χ0) is 17.7. The first-order chi connectivity index (χ1) is 11.3. The molecule has 1 aromatic heterocycles. The molecule has 24 heavy (non-hydrogen) atoms. The molecule has 0 aliphatic heterocycles. The number of carbonyl (C=O) groups is 1. The van der Waals surface area contributed by atoms with Crippen LogP contribution in [0.3, 0.4) is 0 Å². The molecule has 0 atom stereocenters. The molecule has 0 aliphatic rings. The second-order valence-corrected chi connectivity index (χ2v) is 6.41. The summed E-state index contributed by atoms with van der Waals surface area (Å²) < 4.78 is 10.6. The Balaban J connectivity index is 2.15. The van der Waals surface area contributed by atoms with Crippen molar-refractivity contribution in [3.8, 4) is 5.75 Å². The average Bonchev–Trinajstić information content (AvgIpc) is 2.89. The van der Waals surface area contributed by atoms with Crippen molar-refractivity contribution >= 4 is 17.5 Å². The molecule has 0 saturated carbocycles. The van der Waals surface area contributed by atoms with Gasteiger partial charge in [-0.15, -0.1) is 0 Å². The summed E-state index contributed by atoms with van der Waals surface area (Å²) in [5, 5.41) is 12.9. The van der Waals surface area contributed by atoms with Crippen molar-refractivity contribution in [1.29, 1.82) is 0 Å². The van der Waals surface area contributed by atoms with E-state index in [1.54, 1.807) is 25.4 Å². The fraction of sp³-hybridized carbons (Fsp3) is 0.412. The van der Waals surface area contributed by atoms with Crippen LogP contribution in [0.1, 0.15) is 32.0 Å². The lowest BCUT2D eigenvalue weighted by molar-refractivity contribution is 0.0636. The van der Waals surface area contributed by atoms with Crippen molar-refractivity contribution in [3.63, 3.8) is 0 Å². The lowest BCUT2D eigenvalue weighted by atomic mass is 10.2. The van der Waals surface area contributed by atoms with Gasteiger partial charge in [-0.3, -0.25) is 10.4 Å². The quantitative estimate of drug-likeness (QED) is 0.777. The molecular formula is C17H24N4O3. The first-order valence-corrected chi connectivity index (χ1v) is 7.69. The molecule has 7 nitrogen and oxygen atoms in total. The van der Waals surface area contributed by atoms with Crippen LogP contribution in [-0.4, -0.2) is 29.0 Å². The number of anilines is 2. The number of nitrogens with zero attached hydrogens (tertiary/aromatic N) is 1. The Morgan fingerprint density at radius 2 is 2.04 bits per heavy atom. The Kier molecular flexibility index (Phi) is 5.33. The number of rotatable bonds is 5. The number of aromatic nitrogens is 2. The second-order valence-electron chi connectivity index (χ2n) is 6.41. The number of aryl methyl sites for hydroxylation is 1. The highest BCUT2D eigenvalue weighted by Gasteiger charge is 2.17. The van der Waals surface area contributed by atoms with E-state index in [-0.39, 0.29) is 0 Å². The summed E-state index contributed by atoms with van der Waals surface area (Å²) in [5.41, 5.74) is 2.83. The van der Waals surface area contributed by atoms with Gasteiger partial charge in [0.15, 0.2) is 0 Å². The van der Waals surface area contributed by atoms with Crippen LogP contribution in [0, 0.1) is 6.92 Å². The molecule has 0 fully saturated rings. The van der Waals surface area contributed by atoms with E-state index in [0.29, 0.717) is 18.0 Å². The number of benzene rings is 1. The van der Waals surface area contributed by atoms with Crippen LogP contribution in [-0.2, 0) is 11.3 Å². The van der Waals surface area contributed by atoms with E-state index in [2.05, 4.69) is 20.8 Å². The smallest absolute Gasteiger partial charge is 0.412 e. The number of amides is 1. The second kappa shape index (κ2) is 7.25. The van der Waals surface area contributed by atoms with E-state index in [1.165, 1.54) is 0 Å². The Morgan fingerprint density at radius 3 is 2.62 bits per heavy atom. The van der Waals surface area contributed by atoms with Crippen molar-refractivity contribution in [1.82, 2.24) is 10.2 Å². The van der Waals surface area contributed by atoms with Gasteiger partial charge < -0.3 is 14.8 Å². The molecule has 2 rings (SSSR count). The molecule has 130 valence electrons. The molecule has 1 aromatic carbocycles. The van der Waals surface area contributed by atoms with Crippen molar-refractivity contribution in [2.24, 2.45) is 0 Å². The van der Waals surface area contributed by atoms with E-state index < -0.39 is 11.7 Å². The fourth-order valence-electron chi connectivity index (χ4n) is 2.06. The largest absolute Gasteiger partial charge is 0.497 e. The van der Waals surface area contributed by atoms with Crippen LogP contribution in [0.15, 0.2) is 24.4 Å². The highest BCUT2D eigenvalue weighted by Crippen LogP contribution is 2.28. The fourth-order valence-corrected chi connectivity index (χ4v) is 2.06. The van der Waals surface area contributed by atoms with E-state index in [9.17, 15) is 4.79 Å². The number of methoxy groups -OCH3 is 1. The molecule has 0 spiro atoms. The van der Waals surface area contributed by atoms with Gasteiger partial charge in [0.2, 0.25) is 0 Å². The van der Waals surface area contributed by atoms with Gasteiger partial charge in [-0.1, -0.05) is 0 Å². The van der Waals surface area contributed by atoms with Gasteiger partial charge in [0.1, 0.15) is 11.4 Å². The minimum absolute atomic E-state index is 0.504. The van der Waals surface area contributed by atoms with Crippen LogP contribution in [0.25, 0.3) is 0 Å². The predicted molar refractivity (Wildman–Crippen MR) is 93.5 cm³/mol. The standard InChI is InChI=1S/C17H24N4O3/c1-11-12(10-19-21-11)9-18-15-8-13(23-5)6-7-14(15)20-16(22)24-17(2,3)4/h6-8,10,18H,9H2,1-5H3,(H,19,21)(H,20,22). The Morgan fingerprint density at radius 1 is 1.29 bits per heavy atom. The number of hydrogen-bond donors (Lipinski definition) is 3. The zero-order valence-electron chi connectivity index (χ0n) is 14.7. The number of hydrogen-bond acceptors (Lipinski definition) is 5. The molecule has 3 N–H and O–H groups in total. The molecule has 0 radical (unpaired) electrons. The Labute approximate surface area is 141 Å². The van der Waals surface area contributed by atoms with Crippen LogP contribution in [0.2, 0.25) is 0 Å². The molecule has 2 aromatic rings. The summed E-state index contributed by atoms with van der Waals surface area (Å²) in [6.07, 6.45) is 1.26. The number of aromatic amines is 1. The number of carbonyl (C=O) groups excluding carboxylic acids is 1. The third kappa shape index (κ3) is 4.91. The van der Waals surface area contributed by atoms with Crippen LogP contribution in [0.4, 0.5) is 16.2 Å².